The highest BCUT2D eigenvalue weighted by Gasteiger charge is 2.07. The lowest BCUT2D eigenvalue weighted by Crippen LogP contribution is -2.27. The summed E-state index contributed by atoms with van der Waals surface area (Å²) in [6.45, 7) is 5.21. The fourth-order valence-corrected chi connectivity index (χ4v) is 0.320. The third-order valence-corrected chi connectivity index (χ3v) is 0.916. The Hall–Kier alpha value is -1.10. The third kappa shape index (κ3) is 8.90. The molecule has 1 unspecified atom stereocenters. The van der Waals surface area contributed by atoms with Crippen molar-refractivity contribution >= 4 is 11.7 Å². The number of ketones is 1. The van der Waals surface area contributed by atoms with Crippen LogP contribution in [0, 0.1) is 0 Å². The third-order valence-electron chi connectivity index (χ3n) is 0.916. The number of nitrogens with zero attached hydrogens (tertiary/aromatic N) is 1. The first kappa shape index (κ1) is 13.5. The second-order valence-corrected chi connectivity index (χ2v) is 1.89. The summed E-state index contributed by atoms with van der Waals surface area (Å²) in [6, 6.07) is 0. The van der Waals surface area contributed by atoms with E-state index in [0.29, 0.717) is 0 Å². The summed E-state index contributed by atoms with van der Waals surface area (Å²) >= 11 is 0. The zero-order valence-electron chi connectivity index (χ0n) is 7.74. The van der Waals surface area contributed by atoms with Crippen LogP contribution in [0.5, 0.6) is 0 Å². The molecule has 0 aliphatic carbocycles. The second-order valence-electron chi connectivity index (χ2n) is 1.89. The zero-order valence-corrected chi connectivity index (χ0v) is 7.74. The van der Waals surface area contributed by atoms with Crippen molar-refractivity contribution in [2.75, 3.05) is 6.54 Å². The van der Waals surface area contributed by atoms with Crippen LogP contribution in [0.4, 0.5) is 0 Å². The van der Waals surface area contributed by atoms with Crippen molar-refractivity contribution in [2.45, 2.75) is 26.9 Å². The molecule has 0 heterocycles. The predicted octanol–water partition coefficient (Wildman–Crippen LogP) is -0.764. The number of Topliss-reactive ketones (excluding diaryl/α,β-unsaturated/α-hetero) is 1. The fraction of sp³-hybridized carbons (Fsp3) is 0.714. The Bertz CT molecular complexity index is 153. The van der Waals surface area contributed by atoms with Gasteiger partial charge in [0.25, 0.3) is 0 Å². The van der Waals surface area contributed by atoms with Gasteiger partial charge < -0.3 is 16.6 Å². The van der Waals surface area contributed by atoms with E-state index in [9.17, 15) is 4.79 Å². The van der Waals surface area contributed by atoms with Crippen molar-refractivity contribution in [1.29, 1.82) is 0 Å². The van der Waals surface area contributed by atoms with Crippen LogP contribution in [0.1, 0.15) is 20.8 Å². The molecule has 5 heteroatoms. The first-order chi connectivity index (χ1) is 5.54. The normalized spacial score (nSPS) is 10.7. The van der Waals surface area contributed by atoms with E-state index in [0.717, 1.165) is 0 Å². The van der Waals surface area contributed by atoms with Crippen LogP contribution in [0.25, 0.3) is 0 Å². The summed E-state index contributed by atoms with van der Waals surface area (Å²) in [5.74, 6) is -0.467. The van der Waals surface area contributed by atoms with E-state index in [1.165, 1.54) is 6.92 Å². The first-order valence-electron chi connectivity index (χ1n) is 3.78. The Kier molecular flexibility index (Phi) is 8.99. The number of hydrogen-bond acceptors (Lipinski definition) is 3. The molecule has 5 nitrogen and oxygen atoms in total. The molecule has 0 aromatic carbocycles. The summed E-state index contributed by atoms with van der Waals surface area (Å²) < 4.78 is 0. The lowest BCUT2D eigenvalue weighted by molar-refractivity contribution is -0.124. The summed E-state index contributed by atoms with van der Waals surface area (Å²) in [5.41, 5.74) is 9.89. The van der Waals surface area contributed by atoms with Gasteiger partial charge in [-0.25, -0.2) is 0 Å². The van der Waals surface area contributed by atoms with Gasteiger partial charge in [-0.05, 0) is 6.92 Å². The maximum Gasteiger partial charge on any atom is 0.186 e. The minimum absolute atomic E-state index is 0.0579. The molecule has 0 aliphatic rings. The number of carbonyl (C=O) groups excluding carboxylic acids is 1. The van der Waals surface area contributed by atoms with E-state index in [4.69, 9.17) is 16.6 Å². The number of nitrogens with two attached hydrogens (primary N) is 2. The second kappa shape index (κ2) is 8.00. The molecule has 5 N–H and O–H groups in total. The highest BCUT2D eigenvalue weighted by Crippen LogP contribution is 1.84. The molecule has 72 valence electrons. The molecule has 0 rings (SSSR count). The highest BCUT2D eigenvalue weighted by molar-refractivity contribution is 5.81. The lowest BCUT2D eigenvalue weighted by atomic mass is 10.3. The number of hydrogen-bond donors (Lipinski definition) is 3. The van der Waals surface area contributed by atoms with Crippen LogP contribution in [0.15, 0.2) is 4.99 Å². The van der Waals surface area contributed by atoms with Crippen LogP contribution in [0.3, 0.4) is 0 Å². The topological polar surface area (TPSA) is 102 Å². The van der Waals surface area contributed by atoms with Crippen molar-refractivity contribution in [3.63, 3.8) is 0 Å². The van der Waals surface area contributed by atoms with E-state index >= 15 is 0 Å². The number of aliphatic imine (C=N–C) groups is 1. The minimum atomic E-state index is -1.08. The smallest absolute Gasteiger partial charge is 0.186 e. The number of guanidine groups is 1. The largest absolute Gasteiger partial charge is 0.383 e. The predicted molar refractivity (Wildman–Crippen MR) is 48.7 cm³/mol. The van der Waals surface area contributed by atoms with Crippen molar-refractivity contribution < 1.29 is 9.90 Å². The fourth-order valence-electron chi connectivity index (χ4n) is 0.320. The SMILES string of the molecule is CC.CC(=O)C(O)CN=C(N)N. The summed E-state index contributed by atoms with van der Waals surface area (Å²) in [5, 5.41) is 8.81. The molecule has 0 bridgehead atoms. The van der Waals surface area contributed by atoms with Crippen LogP contribution in [-0.4, -0.2) is 29.5 Å². The van der Waals surface area contributed by atoms with Gasteiger partial charge in [0.05, 0.1) is 6.54 Å². The Morgan fingerprint density at radius 3 is 2.17 bits per heavy atom. The highest BCUT2D eigenvalue weighted by atomic mass is 16.3. The van der Waals surface area contributed by atoms with Crippen LogP contribution in [0.2, 0.25) is 0 Å². The average Bonchev–Trinajstić information content (AvgIpc) is 2.03. The molecule has 0 saturated carbocycles. The Morgan fingerprint density at radius 2 is 1.92 bits per heavy atom. The van der Waals surface area contributed by atoms with Crippen molar-refractivity contribution in [3.8, 4) is 0 Å². The molecule has 0 aromatic heterocycles. The van der Waals surface area contributed by atoms with Crippen molar-refractivity contribution in [2.24, 2.45) is 16.5 Å². The first-order valence-corrected chi connectivity index (χ1v) is 3.78. The van der Waals surface area contributed by atoms with Crippen LogP contribution >= 0.6 is 0 Å². The van der Waals surface area contributed by atoms with E-state index < -0.39 is 6.10 Å². The number of aliphatic hydroxyl groups is 1. The zero-order chi connectivity index (χ0) is 10.1. The van der Waals surface area contributed by atoms with Crippen molar-refractivity contribution in [3.05, 3.63) is 0 Å². The van der Waals surface area contributed by atoms with Crippen LogP contribution in [-0.2, 0) is 4.79 Å². The summed E-state index contributed by atoms with van der Waals surface area (Å²) in [7, 11) is 0. The molecule has 0 radical (unpaired) electrons. The molecule has 0 fully saturated rings. The number of aliphatic hydroxyl groups excluding tert-OH is 1. The van der Waals surface area contributed by atoms with Gasteiger partial charge in [-0.1, -0.05) is 13.8 Å². The van der Waals surface area contributed by atoms with Gasteiger partial charge in [-0.2, -0.15) is 0 Å². The van der Waals surface area contributed by atoms with Gasteiger partial charge >= 0.3 is 0 Å². The van der Waals surface area contributed by atoms with Crippen LogP contribution < -0.4 is 11.5 Å². The summed E-state index contributed by atoms with van der Waals surface area (Å²) in [4.78, 5) is 13.8. The van der Waals surface area contributed by atoms with E-state index in [2.05, 4.69) is 4.99 Å². The van der Waals surface area contributed by atoms with Gasteiger partial charge in [0.1, 0.15) is 6.10 Å². The quantitative estimate of drug-likeness (QED) is 0.387. The van der Waals surface area contributed by atoms with Gasteiger partial charge in [0, 0.05) is 0 Å². The maximum atomic E-state index is 10.4. The molecule has 0 amide bonds. The van der Waals surface area contributed by atoms with E-state index in [-0.39, 0.29) is 18.3 Å². The molecule has 0 spiro atoms. The molecule has 0 aromatic rings. The van der Waals surface area contributed by atoms with Gasteiger partial charge in [-0.15, -0.1) is 0 Å². The van der Waals surface area contributed by atoms with E-state index in [1.807, 2.05) is 13.8 Å². The maximum absolute atomic E-state index is 10.4. The van der Waals surface area contributed by atoms with E-state index in [1.54, 1.807) is 0 Å². The van der Waals surface area contributed by atoms with Gasteiger partial charge in [-0.3, -0.25) is 9.79 Å². The number of rotatable bonds is 3. The molecule has 0 aliphatic heterocycles. The monoisotopic (exact) mass is 175 g/mol. The molecular weight excluding hydrogens is 158 g/mol. The van der Waals surface area contributed by atoms with Gasteiger partial charge in [0.2, 0.25) is 0 Å². The number of carbonyl (C=O) groups is 1. The minimum Gasteiger partial charge on any atom is -0.383 e. The van der Waals surface area contributed by atoms with Gasteiger partial charge in [0.15, 0.2) is 11.7 Å². The average molecular weight is 175 g/mol. The Morgan fingerprint density at radius 1 is 1.50 bits per heavy atom. The molecule has 12 heavy (non-hydrogen) atoms. The molecule has 0 saturated heterocycles. The van der Waals surface area contributed by atoms with Crippen molar-refractivity contribution in [1.82, 2.24) is 0 Å². The Balaban J connectivity index is 0. The Labute approximate surface area is 72.5 Å². The summed E-state index contributed by atoms with van der Waals surface area (Å²) in [6.07, 6.45) is -1.08. The molecule has 1 atom stereocenters. The standard InChI is InChI=1S/C5H11N3O2.C2H6/c1-3(9)4(10)2-8-5(6)7;1-2/h4,10H,2H2,1H3,(H4,6,7,8);1-2H3. The lowest BCUT2D eigenvalue weighted by Gasteiger charge is -2.00. The molecular formula is C7H17N3O2.